The SMILES string of the molecule is NC(CC1CCS(=O)(=O)C1)C1CCOC2(CCSCC2)C1. The van der Waals surface area contributed by atoms with Crippen LogP contribution in [0.25, 0.3) is 0 Å². The van der Waals surface area contributed by atoms with E-state index in [0.717, 1.165) is 45.1 Å². The van der Waals surface area contributed by atoms with Crippen molar-refractivity contribution < 1.29 is 13.2 Å². The van der Waals surface area contributed by atoms with Gasteiger partial charge < -0.3 is 10.5 Å². The maximum Gasteiger partial charge on any atom is 0.150 e. The van der Waals surface area contributed by atoms with Crippen LogP contribution in [0.3, 0.4) is 0 Å². The summed E-state index contributed by atoms with van der Waals surface area (Å²) in [6, 6.07) is 0.138. The summed E-state index contributed by atoms with van der Waals surface area (Å²) >= 11 is 2.02. The Balaban J connectivity index is 1.56. The van der Waals surface area contributed by atoms with Gasteiger partial charge in [0, 0.05) is 12.6 Å². The van der Waals surface area contributed by atoms with Crippen LogP contribution in [0.4, 0.5) is 0 Å². The molecule has 0 saturated carbocycles. The van der Waals surface area contributed by atoms with Crippen LogP contribution in [0.15, 0.2) is 0 Å². The van der Waals surface area contributed by atoms with E-state index in [2.05, 4.69) is 0 Å². The first-order valence-corrected chi connectivity index (χ1v) is 11.1. The van der Waals surface area contributed by atoms with Gasteiger partial charge in [0.1, 0.15) is 0 Å². The highest BCUT2D eigenvalue weighted by atomic mass is 32.2. The van der Waals surface area contributed by atoms with Crippen LogP contribution in [0.5, 0.6) is 0 Å². The van der Waals surface area contributed by atoms with Gasteiger partial charge in [-0.15, -0.1) is 0 Å². The molecule has 3 unspecified atom stereocenters. The predicted octanol–water partition coefficient (Wildman–Crippen LogP) is 1.83. The number of nitrogens with two attached hydrogens (primary N) is 1. The summed E-state index contributed by atoms with van der Waals surface area (Å²) in [7, 11) is -2.78. The normalized spacial score (nSPS) is 36.6. The van der Waals surface area contributed by atoms with Crippen LogP contribution in [0, 0.1) is 11.8 Å². The Kier molecular flexibility index (Phi) is 4.89. The van der Waals surface area contributed by atoms with E-state index < -0.39 is 9.84 Å². The van der Waals surface area contributed by atoms with Gasteiger partial charge in [-0.1, -0.05) is 0 Å². The van der Waals surface area contributed by atoms with Gasteiger partial charge in [-0.3, -0.25) is 0 Å². The average molecular weight is 334 g/mol. The average Bonchev–Trinajstić information content (AvgIpc) is 2.79. The molecular formula is C15H27NO3S2. The molecule has 0 aromatic heterocycles. The number of thioether (sulfide) groups is 1. The van der Waals surface area contributed by atoms with Gasteiger partial charge in [-0.05, 0) is 61.9 Å². The fraction of sp³-hybridized carbons (Fsp3) is 1.00. The van der Waals surface area contributed by atoms with E-state index in [-0.39, 0.29) is 17.6 Å². The Morgan fingerprint density at radius 1 is 1.29 bits per heavy atom. The van der Waals surface area contributed by atoms with Gasteiger partial charge in [0.15, 0.2) is 9.84 Å². The molecule has 3 aliphatic heterocycles. The summed E-state index contributed by atoms with van der Waals surface area (Å²) in [4.78, 5) is 0. The molecule has 1 spiro atoms. The smallest absolute Gasteiger partial charge is 0.150 e. The number of ether oxygens (including phenoxy) is 1. The molecule has 4 nitrogen and oxygen atoms in total. The van der Waals surface area contributed by atoms with Gasteiger partial charge in [0.25, 0.3) is 0 Å². The lowest BCUT2D eigenvalue weighted by Crippen LogP contribution is -2.47. The minimum Gasteiger partial charge on any atom is -0.375 e. The van der Waals surface area contributed by atoms with Crippen LogP contribution in [-0.2, 0) is 14.6 Å². The van der Waals surface area contributed by atoms with E-state index in [1.807, 2.05) is 11.8 Å². The lowest BCUT2D eigenvalue weighted by atomic mass is 9.77. The maximum absolute atomic E-state index is 11.6. The van der Waals surface area contributed by atoms with Crippen molar-refractivity contribution in [2.24, 2.45) is 17.6 Å². The molecule has 0 bridgehead atoms. The van der Waals surface area contributed by atoms with Crippen molar-refractivity contribution >= 4 is 21.6 Å². The van der Waals surface area contributed by atoms with Gasteiger partial charge in [-0.25, -0.2) is 8.42 Å². The van der Waals surface area contributed by atoms with Crippen LogP contribution >= 0.6 is 11.8 Å². The third-order valence-corrected chi connectivity index (χ3v) is 8.30. The molecule has 3 rings (SSSR count). The van der Waals surface area contributed by atoms with E-state index in [1.54, 1.807) is 0 Å². The van der Waals surface area contributed by atoms with Crippen LogP contribution < -0.4 is 5.73 Å². The molecule has 0 aromatic carbocycles. The largest absolute Gasteiger partial charge is 0.375 e. The zero-order valence-electron chi connectivity index (χ0n) is 12.6. The van der Waals surface area contributed by atoms with Crippen molar-refractivity contribution in [3.8, 4) is 0 Å². The molecule has 3 fully saturated rings. The van der Waals surface area contributed by atoms with E-state index in [0.29, 0.717) is 17.4 Å². The van der Waals surface area contributed by atoms with Gasteiger partial charge in [-0.2, -0.15) is 11.8 Å². The number of sulfone groups is 1. The van der Waals surface area contributed by atoms with Crippen LogP contribution in [0.1, 0.15) is 38.5 Å². The first kappa shape index (κ1) is 16.1. The number of hydrogen-bond donors (Lipinski definition) is 1. The first-order chi connectivity index (χ1) is 9.98. The Labute approximate surface area is 132 Å². The summed E-state index contributed by atoms with van der Waals surface area (Å²) in [5.41, 5.74) is 6.53. The highest BCUT2D eigenvalue weighted by Crippen LogP contribution is 2.41. The molecule has 0 radical (unpaired) electrons. The Morgan fingerprint density at radius 2 is 2.05 bits per heavy atom. The summed E-state index contributed by atoms with van der Waals surface area (Å²) in [5.74, 6) is 3.90. The predicted molar refractivity (Wildman–Crippen MR) is 87.3 cm³/mol. The zero-order valence-corrected chi connectivity index (χ0v) is 14.3. The second kappa shape index (κ2) is 6.38. The minimum atomic E-state index is -2.78. The Bertz CT molecular complexity index is 454. The summed E-state index contributed by atoms with van der Waals surface area (Å²) in [6.45, 7) is 0.825. The van der Waals surface area contributed by atoms with Gasteiger partial charge in [0.2, 0.25) is 0 Å². The van der Waals surface area contributed by atoms with Crippen molar-refractivity contribution in [2.45, 2.75) is 50.2 Å². The molecule has 0 amide bonds. The molecule has 0 aliphatic carbocycles. The monoisotopic (exact) mass is 333 g/mol. The second-order valence-electron chi connectivity index (χ2n) is 7.07. The molecule has 21 heavy (non-hydrogen) atoms. The molecule has 3 heterocycles. The van der Waals surface area contributed by atoms with Crippen molar-refractivity contribution in [1.29, 1.82) is 0 Å². The van der Waals surface area contributed by atoms with Crippen molar-refractivity contribution in [1.82, 2.24) is 0 Å². The van der Waals surface area contributed by atoms with E-state index >= 15 is 0 Å². The number of hydrogen-bond acceptors (Lipinski definition) is 5. The highest BCUT2D eigenvalue weighted by Gasteiger charge is 2.41. The van der Waals surface area contributed by atoms with Crippen molar-refractivity contribution in [3.05, 3.63) is 0 Å². The van der Waals surface area contributed by atoms with Crippen LogP contribution in [0.2, 0.25) is 0 Å². The van der Waals surface area contributed by atoms with Crippen molar-refractivity contribution in [2.75, 3.05) is 29.6 Å². The lowest BCUT2D eigenvalue weighted by molar-refractivity contribution is -0.106. The fourth-order valence-electron chi connectivity index (χ4n) is 4.16. The molecular weight excluding hydrogens is 306 g/mol. The standard InChI is InChI=1S/C15H27NO3S2/c16-14(9-12-2-8-21(17,18)11-12)13-1-5-19-15(10-13)3-6-20-7-4-15/h12-14H,1-11,16H2. The fourth-order valence-corrected chi connectivity index (χ4v) is 7.28. The molecule has 3 saturated heterocycles. The summed E-state index contributed by atoms with van der Waals surface area (Å²) < 4.78 is 29.3. The molecule has 122 valence electrons. The van der Waals surface area contributed by atoms with Gasteiger partial charge >= 0.3 is 0 Å². The Hall–Kier alpha value is 0.220. The van der Waals surface area contributed by atoms with E-state index in [4.69, 9.17) is 10.5 Å². The molecule has 0 aromatic rings. The maximum atomic E-state index is 11.6. The zero-order chi connectivity index (χ0) is 14.9. The second-order valence-corrected chi connectivity index (χ2v) is 10.5. The van der Waals surface area contributed by atoms with Crippen molar-refractivity contribution in [3.63, 3.8) is 0 Å². The highest BCUT2D eigenvalue weighted by molar-refractivity contribution is 7.99. The molecule has 6 heteroatoms. The topological polar surface area (TPSA) is 69.4 Å². The lowest BCUT2D eigenvalue weighted by Gasteiger charge is -2.45. The van der Waals surface area contributed by atoms with E-state index in [9.17, 15) is 8.42 Å². The quantitative estimate of drug-likeness (QED) is 0.853. The molecule has 3 atom stereocenters. The first-order valence-electron chi connectivity index (χ1n) is 8.16. The molecule has 3 aliphatic rings. The Morgan fingerprint density at radius 3 is 2.71 bits per heavy atom. The summed E-state index contributed by atoms with van der Waals surface area (Å²) in [6.07, 6.45) is 6.09. The third kappa shape index (κ3) is 3.95. The molecule has 2 N–H and O–H groups in total. The van der Waals surface area contributed by atoms with Crippen LogP contribution in [-0.4, -0.2) is 49.7 Å². The third-order valence-electron chi connectivity index (χ3n) is 5.47. The van der Waals surface area contributed by atoms with Gasteiger partial charge in [0.05, 0.1) is 17.1 Å². The summed E-state index contributed by atoms with van der Waals surface area (Å²) in [5, 5.41) is 0. The number of rotatable bonds is 3. The minimum absolute atomic E-state index is 0.0769. The van der Waals surface area contributed by atoms with E-state index in [1.165, 1.54) is 11.5 Å².